The Morgan fingerprint density at radius 3 is 2.68 bits per heavy atom. The van der Waals surface area contributed by atoms with Gasteiger partial charge in [0.1, 0.15) is 11.6 Å². The first-order chi connectivity index (χ1) is 8.97. The van der Waals surface area contributed by atoms with E-state index < -0.39 is 11.7 Å². The Morgan fingerprint density at radius 2 is 2.00 bits per heavy atom. The van der Waals surface area contributed by atoms with Crippen LogP contribution in [0.1, 0.15) is 15.9 Å². The number of amides is 1. The topological polar surface area (TPSA) is 75.4 Å². The Hall–Kier alpha value is -2.56. The molecule has 2 aromatic carbocycles. The summed E-state index contributed by atoms with van der Waals surface area (Å²) >= 11 is 0. The predicted octanol–water partition coefficient (Wildman–Crippen LogP) is 2.67. The zero-order valence-electron chi connectivity index (χ0n) is 10.3. The molecule has 0 aliphatic rings. The lowest BCUT2D eigenvalue weighted by molar-refractivity contribution is 0.102. The first kappa shape index (κ1) is 12.9. The molecule has 0 unspecified atom stereocenters. The van der Waals surface area contributed by atoms with Gasteiger partial charge in [0.15, 0.2) is 0 Å². The summed E-state index contributed by atoms with van der Waals surface area (Å²) in [6.45, 7) is 1.76. The molecule has 0 saturated heterocycles. The van der Waals surface area contributed by atoms with Crippen molar-refractivity contribution in [3.8, 4) is 5.75 Å². The second-order valence-corrected chi connectivity index (χ2v) is 4.19. The molecule has 2 rings (SSSR count). The lowest BCUT2D eigenvalue weighted by Gasteiger charge is -2.09. The van der Waals surface area contributed by atoms with Gasteiger partial charge in [-0.15, -0.1) is 0 Å². The largest absolute Gasteiger partial charge is 0.506 e. The van der Waals surface area contributed by atoms with Gasteiger partial charge >= 0.3 is 0 Å². The summed E-state index contributed by atoms with van der Waals surface area (Å²) < 4.78 is 13.1. The van der Waals surface area contributed by atoms with Gasteiger partial charge < -0.3 is 16.2 Å². The molecule has 19 heavy (non-hydrogen) atoms. The number of nitrogen functional groups attached to an aromatic ring is 1. The highest BCUT2D eigenvalue weighted by Gasteiger charge is 2.10. The van der Waals surface area contributed by atoms with Crippen molar-refractivity contribution in [3.05, 3.63) is 53.3 Å². The van der Waals surface area contributed by atoms with Crippen molar-refractivity contribution < 1.29 is 14.3 Å². The molecule has 0 aromatic heterocycles. The van der Waals surface area contributed by atoms with Gasteiger partial charge in [-0.2, -0.15) is 0 Å². The molecule has 4 N–H and O–H groups in total. The number of anilines is 2. The lowest BCUT2D eigenvalue weighted by Crippen LogP contribution is -2.13. The van der Waals surface area contributed by atoms with Crippen molar-refractivity contribution in [2.24, 2.45) is 0 Å². The van der Waals surface area contributed by atoms with Crippen LogP contribution in [0.25, 0.3) is 0 Å². The Bertz CT molecular complexity index is 641. The number of phenols is 1. The molecule has 5 heteroatoms. The number of benzene rings is 2. The summed E-state index contributed by atoms with van der Waals surface area (Å²) in [6, 6.07) is 8.32. The van der Waals surface area contributed by atoms with E-state index in [0.29, 0.717) is 5.69 Å². The molecule has 0 fully saturated rings. The zero-order valence-corrected chi connectivity index (χ0v) is 10.3. The normalized spacial score (nSPS) is 10.2. The molecule has 0 radical (unpaired) electrons. The van der Waals surface area contributed by atoms with Crippen LogP contribution in [0.3, 0.4) is 0 Å². The fraction of sp³-hybridized carbons (Fsp3) is 0.0714. The quantitative estimate of drug-likeness (QED) is 0.574. The van der Waals surface area contributed by atoms with Crippen molar-refractivity contribution in [2.45, 2.75) is 6.92 Å². The third-order valence-electron chi connectivity index (χ3n) is 2.74. The maximum Gasteiger partial charge on any atom is 0.255 e. The molecule has 2 aromatic rings. The summed E-state index contributed by atoms with van der Waals surface area (Å²) in [5, 5.41) is 12.0. The summed E-state index contributed by atoms with van der Waals surface area (Å²) in [4.78, 5) is 12.0. The van der Waals surface area contributed by atoms with Gasteiger partial charge in [0.25, 0.3) is 5.91 Å². The number of carbonyl (C=O) groups excluding carboxylic acids is 1. The van der Waals surface area contributed by atoms with Gasteiger partial charge in [0, 0.05) is 11.3 Å². The van der Waals surface area contributed by atoms with Gasteiger partial charge in [0.05, 0.1) is 5.69 Å². The van der Waals surface area contributed by atoms with Crippen LogP contribution in [0.15, 0.2) is 36.4 Å². The number of hydrogen-bond acceptors (Lipinski definition) is 3. The minimum atomic E-state index is -0.441. The van der Waals surface area contributed by atoms with Crippen LogP contribution in [0, 0.1) is 12.7 Å². The first-order valence-electron chi connectivity index (χ1n) is 5.63. The van der Waals surface area contributed by atoms with E-state index in [-0.39, 0.29) is 17.0 Å². The van der Waals surface area contributed by atoms with Crippen LogP contribution < -0.4 is 11.1 Å². The minimum Gasteiger partial charge on any atom is -0.506 e. The number of halogens is 1. The molecule has 0 heterocycles. The molecule has 0 aliphatic carbocycles. The Kier molecular flexibility index (Phi) is 3.37. The van der Waals surface area contributed by atoms with Gasteiger partial charge in [-0.3, -0.25) is 4.79 Å². The van der Waals surface area contributed by atoms with Gasteiger partial charge in [-0.25, -0.2) is 4.39 Å². The Labute approximate surface area is 109 Å². The average Bonchev–Trinajstić information content (AvgIpc) is 2.37. The van der Waals surface area contributed by atoms with Crippen molar-refractivity contribution in [2.75, 3.05) is 11.1 Å². The van der Waals surface area contributed by atoms with Crippen molar-refractivity contribution in [1.29, 1.82) is 0 Å². The lowest BCUT2D eigenvalue weighted by atomic mass is 10.1. The number of phenolic OH excluding ortho intramolecular Hbond substituents is 1. The summed E-state index contributed by atoms with van der Waals surface area (Å²) in [7, 11) is 0. The second kappa shape index (κ2) is 4.97. The molecule has 0 spiro atoms. The highest BCUT2D eigenvalue weighted by molar-refractivity contribution is 6.05. The fourth-order valence-electron chi connectivity index (χ4n) is 1.61. The van der Waals surface area contributed by atoms with Crippen LogP contribution >= 0.6 is 0 Å². The second-order valence-electron chi connectivity index (χ2n) is 4.19. The number of carbonyl (C=O) groups is 1. The maximum absolute atomic E-state index is 13.1. The predicted molar refractivity (Wildman–Crippen MR) is 71.6 cm³/mol. The zero-order chi connectivity index (χ0) is 14.0. The van der Waals surface area contributed by atoms with Crippen LogP contribution in [0.5, 0.6) is 5.75 Å². The van der Waals surface area contributed by atoms with E-state index in [9.17, 15) is 14.3 Å². The molecular weight excluding hydrogens is 247 g/mol. The number of nitrogens with one attached hydrogen (secondary N) is 1. The summed E-state index contributed by atoms with van der Waals surface area (Å²) in [6.07, 6.45) is 0. The third-order valence-corrected chi connectivity index (χ3v) is 2.74. The van der Waals surface area contributed by atoms with E-state index in [1.807, 2.05) is 0 Å². The number of aryl methyl sites for hydroxylation is 1. The summed E-state index contributed by atoms with van der Waals surface area (Å²) in [5.41, 5.74) is 7.03. The SMILES string of the molecule is Cc1ccc(F)cc1NC(=O)c1ccc(N)c(O)c1. The van der Waals surface area contributed by atoms with Crippen LogP contribution in [-0.4, -0.2) is 11.0 Å². The van der Waals surface area contributed by atoms with Crippen LogP contribution in [0.4, 0.5) is 15.8 Å². The Morgan fingerprint density at radius 1 is 1.26 bits per heavy atom. The average molecular weight is 260 g/mol. The van der Waals surface area contributed by atoms with Crippen molar-refractivity contribution in [1.82, 2.24) is 0 Å². The van der Waals surface area contributed by atoms with Gasteiger partial charge in [-0.05, 0) is 42.8 Å². The number of hydrogen-bond donors (Lipinski definition) is 3. The Balaban J connectivity index is 2.25. The number of rotatable bonds is 2. The van der Waals surface area contributed by atoms with Crippen molar-refractivity contribution >= 4 is 17.3 Å². The molecule has 4 nitrogen and oxygen atoms in total. The van der Waals surface area contributed by atoms with Gasteiger partial charge in [-0.1, -0.05) is 6.07 Å². The fourth-order valence-corrected chi connectivity index (χ4v) is 1.61. The van der Waals surface area contributed by atoms with Crippen LogP contribution in [0.2, 0.25) is 0 Å². The molecule has 0 aliphatic heterocycles. The van der Waals surface area contributed by atoms with E-state index in [1.165, 1.54) is 30.3 Å². The van der Waals surface area contributed by atoms with E-state index in [1.54, 1.807) is 13.0 Å². The summed E-state index contributed by atoms with van der Waals surface area (Å²) in [5.74, 6) is -1.03. The molecule has 0 bridgehead atoms. The maximum atomic E-state index is 13.1. The third kappa shape index (κ3) is 2.82. The smallest absolute Gasteiger partial charge is 0.255 e. The molecule has 98 valence electrons. The van der Waals surface area contributed by atoms with E-state index >= 15 is 0 Å². The monoisotopic (exact) mass is 260 g/mol. The van der Waals surface area contributed by atoms with E-state index in [4.69, 9.17) is 5.73 Å². The highest BCUT2D eigenvalue weighted by Crippen LogP contribution is 2.22. The molecule has 0 atom stereocenters. The molecular formula is C14H13FN2O2. The van der Waals surface area contributed by atoms with Crippen molar-refractivity contribution in [3.63, 3.8) is 0 Å². The van der Waals surface area contributed by atoms with Crippen LogP contribution in [-0.2, 0) is 0 Å². The molecule has 1 amide bonds. The standard InChI is InChI=1S/C14H13FN2O2/c1-8-2-4-10(15)7-12(8)17-14(19)9-3-5-11(16)13(18)6-9/h2-7,18H,16H2,1H3,(H,17,19). The molecule has 0 saturated carbocycles. The number of nitrogens with two attached hydrogens (primary N) is 1. The number of aromatic hydroxyl groups is 1. The first-order valence-corrected chi connectivity index (χ1v) is 5.63. The highest BCUT2D eigenvalue weighted by atomic mass is 19.1. The van der Waals surface area contributed by atoms with E-state index in [0.717, 1.165) is 5.56 Å². The van der Waals surface area contributed by atoms with E-state index in [2.05, 4.69) is 5.32 Å². The minimum absolute atomic E-state index is 0.163. The van der Waals surface area contributed by atoms with Gasteiger partial charge in [0.2, 0.25) is 0 Å².